The maximum atomic E-state index is 13.6. The summed E-state index contributed by atoms with van der Waals surface area (Å²) < 4.78 is 36.4. The second-order valence-corrected chi connectivity index (χ2v) is 8.70. The molecule has 0 spiro atoms. The van der Waals surface area contributed by atoms with Crippen LogP contribution in [0.15, 0.2) is 54.6 Å². The van der Waals surface area contributed by atoms with Gasteiger partial charge in [0, 0.05) is 22.8 Å². The zero-order valence-corrected chi connectivity index (χ0v) is 18.7. The van der Waals surface area contributed by atoms with Gasteiger partial charge in [0.2, 0.25) is 0 Å². The summed E-state index contributed by atoms with van der Waals surface area (Å²) in [5, 5.41) is 10.0. The van der Waals surface area contributed by atoms with E-state index in [4.69, 9.17) is 21.6 Å². The van der Waals surface area contributed by atoms with Crippen molar-refractivity contribution in [1.82, 2.24) is 9.97 Å². The lowest BCUT2D eigenvalue weighted by molar-refractivity contribution is -0.286. The van der Waals surface area contributed by atoms with Crippen LogP contribution in [0.1, 0.15) is 22.3 Å². The zero-order chi connectivity index (χ0) is 24.3. The third-order valence-electron chi connectivity index (χ3n) is 5.98. The van der Waals surface area contributed by atoms with E-state index in [0.29, 0.717) is 39.7 Å². The number of hydrogen-bond donors (Lipinski definition) is 1. The molecule has 0 amide bonds. The van der Waals surface area contributed by atoms with Gasteiger partial charge in [0.1, 0.15) is 5.69 Å². The number of aryl methyl sites for hydroxylation is 1. The number of anilines is 2. The molecule has 0 atom stereocenters. The highest BCUT2D eigenvalue weighted by Gasteiger charge is 2.43. The molecule has 0 saturated heterocycles. The van der Waals surface area contributed by atoms with E-state index < -0.39 is 12.3 Å². The first-order valence-electron chi connectivity index (χ1n) is 10.8. The van der Waals surface area contributed by atoms with Crippen molar-refractivity contribution in [1.29, 1.82) is 0 Å². The predicted octanol–water partition coefficient (Wildman–Crippen LogP) is 6.05. The quantitative estimate of drug-likeness (QED) is 0.370. The largest absolute Gasteiger partial charge is 0.586 e. The Labute approximate surface area is 202 Å². The molecule has 0 bridgehead atoms. The molecule has 35 heavy (non-hydrogen) atoms. The van der Waals surface area contributed by atoms with Gasteiger partial charge in [-0.2, -0.15) is 0 Å². The Morgan fingerprint density at radius 2 is 1.83 bits per heavy atom. The molecule has 2 aliphatic rings. The molecule has 7 nitrogen and oxygen atoms in total. The molecule has 1 N–H and O–H groups in total. The van der Waals surface area contributed by atoms with Gasteiger partial charge in [-0.3, -0.25) is 0 Å². The van der Waals surface area contributed by atoms with Crippen LogP contribution in [0.2, 0.25) is 5.02 Å². The molecular weight excluding hydrogens is 480 g/mol. The Morgan fingerprint density at radius 1 is 1.00 bits per heavy atom. The van der Waals surface area contributed by atoms with Crippen molar-refractivity contribution < 1.29 is 28.2 Å². The molecule has 3 aromatic carbocycles. The van der Waals surface area contributed by atoms with Crippen molar-refractivity contribution in [3.8, 4) is 22.8 Å². The predicted molar refractivity (Wildman–Crippen MR) is 125 cm³/mol. The van der Waals surface area contributed by atoms with Crippen LogP contribution in [0.3, 0.4) is 0 Å². The summed E-state index contributed by atoms with van der Waals surface area (Å²) in [5.41, 5.74) is 3.82. The van der Waals surface area contributed by atoms with E-state index in [1.807, 2.05) is 17.0 Å². The smallest absolute Gasteiger partial charge is 0.478 e. The van der Waals surface area contributed by atoms with Crippen LogP contribution < -0.4 is 14.4 Å². The second kappa shape index (κ2) is 7.78. The molecule has 2 aliphatic heterocycles. The fourth-order valence-corrected chi connectivity index (χ4v) is 4.64. The lowest BCUT2D eigenvalue weighted by atomic mass is 10.0. The van der Waals surface area contributed by atoms with Crippen LogP contribution in [-0.2, 0) is 6.42 Å². The van der Waals surface area contributed by atoms with Gasteiger partial charge < -0.3 is 19.5 Å². The van der Waals surface area contributed by atoms with E-state index in [1.165, 1.54) is 24.3 Å². The van der Waals surface area contributed by atoms with Crippen molar-refractivity contribution in [2.45, 2.75) is 19.1 Å². The third kappa shape index (κ3) is 3.77. The number of fused-ring (bicyclic) bond motifs is 3. The van der Waals surface area contributed by atoms with Gasteiger partial charge in [0.15, 0.2) is 17.3 Å². The standard InChI is InChI=1S/C25H16ClF2N3O4/c26-16-5-7-19-13(10-16)2-1-9-31(19)23-22(14-4-8-20-21(12-14)35-25(27,28)34-20)29-17-6-3-15(24(32)33)11-18(17)30-23/h3-8,10-12H,1-2,9H2,(H,32,33). The van der Waals surface area contributed by atoms with E-state index in [1.54, 1.807) is 18.2 Å². The molecule has 0 saturated carbocycles. The number of hydrogen-bond acceptors (Lipinski definition) is 6. The Bertz CT molecular complexity index is 1530. The van der Waals surface area contributed by atoms with E-state index in [-0.39, 0.29) is 17.1 Å². The number of carboxylic acids is 1. The minimum absolute atomic E-state index is 0.0712. The summed E-state index contributed by atoms with van der Waals surface area (Å²) >= 11 is 6.21. The number of halogens is 3. The van der Waals surface area contributed by atoms with Gasteiger partial charge >= 0.3 is 12.3 Å². The highest BCUT2D eigenvalue weighted by Crippen LogP contribution is 2.45. The maximum absolute atomic E-state index is 13.6. The van der Waals surface area contributed by atoms with Crippen LogP contribution in [0.5, 0.6) is 11.5 Å². The lowest BCUT2D eigenvalue weighted by Gasteiger charge is -2.31. The summed E-state index contributed by atoms with van der Waals surface area (Å²) in [6, 6.07) is 14.5. The van der Waals surface area contributed by atoms with E-state index in [2.05, 4.69) is 9.47 Å². The summed E-state index contributed by atoms with van der Waals surface area (Å²) in [5.74, 6) is -0.784. The van der Waals surface area contributed by atoms with Crippen LogP contribution in [0.4, 0.5) is 20.3 Å². The minimum atomic E-state index is -3.74. The van der Waals surface area contributed by atoms with E-state index in [9.17, 15) is 18.7 Å². The average molecular weight is 496 g/mol. The highest BCUT2D eigenvalue weighted by molar-refractivity contribution is 6.30. The summed E-state index contributed by atoms with van der Waals surface area (Å²) in [7, 11) is 0. The van der Waals surface area contributed by atoms with Crippen molar-refractivity contribution in [3.05, 3.63) is 70.7 Å². The monoisotopic (exact) mass is 495 g/mol. The second-order valence-electron chi connectivity index (χ2n) is 8.26. The molecule has 176 valence electrons. The van der Waals surface area contributed by atoms with Gasteiger partial charge in [-0.15, -0.1) is 8.78 Å². The zero-order valence-electron chi connectivity index (χ0n) is 18.0. The van der Waals surface area contributed by atoms with Crippen molar-refractivity contribution in [3.63, 3.8) is 0 Å². The number of nitrogens with zero attached hydrogens (tertiary/aromatic N) is 3. The fraction of sp³-hybridized carbons (Fsp3) is 0.160. The van der Waals surface area contributed by atoms with Crippen molar-refractivity contribution in [2.75, 3.05) is 11.4 Å². The highest BCUT2D eigenvalue weighted by atomic mass is 35.5. The SMILES string of the molecule is O=C(O)c1ccc2nc(-c3ccc4c(c3)OC(F)(F)O4)c(N3CCCc4cc(Cl)ccc43)nc2c1. The first-order chi connectivity index (χ1) is 16.8. The lowest BCUT2D eigenvalue weighted by Crippen LogP contribution is -2.26. The Hall–Kier alpha value is -3.98. The van der Waals surface area contributed by atoms with Gasteiger partial charge in [-0.05, 0) is 73.0 Å². The van der Waals surface area contributed by atoms with Crippen LogP contribution in [0, 0.1) is 0 Å². The summed E-state index contributed by atoms with van der Waals surface area (Å²) in [6.45, 7) is 0.628. The molecule has 4 aromatic rings. The number of aromatic nitrogens is 2. The van der Waals surface area contributed by atoms with E-state index in [0.717, 1.165) is 24.1 Å². The van der Waals surface area contributed by atoms with Crippen LogP contribution in [0.25, 0.3) is 22.3 Å². The Balaban J connectivity index is 1.57. The van der Waals surface area contributed by atoms with Crippen molar-refractivity contribution in [2.24, 2.45) is 0 Å². The van der Waals surface area contributed by atoms with Gasteiger partial charge in [-0.1, -0.05) is 11.6 Å². The van der Waals surface area contributed by atoms with Crippen molar-refractivity contribution >= 4 is 40.1 Å². The number of carbonyl (C=O) groups is 1. The number of rotatable bonds is 3. The molecule has 3 heterocycles. The van der Waals surface area contributed by atoms with Gasteiger partial charge in [-0.25, -0.2) is 14.8 Å². The Morgan fingerprint density at radius 3 is 2.66 bits per heavy atom. The number of aromatic carboxylic acids is 1. The third-order valence-corrected chi connectivity index (χ3v) is 6.22. The molecule has 10 heteroatoms. The normalized spacial score (nSPS) is 15.8. The number of alkyl halides is 2. The fourth-order valence-electron chi connectivity index (χ4n) is 4.44. The summed E-state index contributed by atoms with van der Waals surface area (Å²) in [6.07, 6.45) is -2.07. The van der Waals surface area contributed by atoms with Gasteiger partial charge in [0.25, 0.3) is 0 Å². The molecular formula is C25H16ClF2N3O4. The molecule has 6 rings (SSSR count). The number of benzene rings is 3. The maximum Gasteiger partial charge on any atom is 0.586 e. The molecule has 0 radical (unpaired) electrons. The first kappa shape index (κ1) is 21.5. The first-order valence-corrected chi connectivity index (χ1v) is 11.2. The minimum Gasteiger partial charge on any atom is -0.478 e. The molecule has 0 unspecified atom stereocenters. The van der Waals surface area contributed by atoms with Crippen LogP contribution >= 0.6 is 11.6 Å². The topological polar surface area (TPSA) is 84.8 Å². The molecule has 1 aromatic heterocycles. The molecule has 0 fully saturated rings. The summed E-state index contributed by atoms with van der Waals surface area (Å²) in [4.78, 5) is 23.1. The van der Waals surface area contributed by atoms with Gasteiger partial charge in [0.05, 0.1) is 16.6 Å². The number of carboxylic acid groups (broad SMARTS) is 1. The Kier molecular flexibility index (Phi) is 4.79. The van der Waals surface area contributed by atoms with Crippen LogP contribution in [-0.4, -0.2) is 33.9 Å². The molecule has 0 aliphatic carbocycles. The number of ether oxygens (including phenoxy) is 2. The van der Waals surface area contributed by atoms with E-state index >= 15 is 0 Å². The average Bonchev–Trinajstić information content (AvgIpc) is 3.15.